The first kappa shape index (κ1) is 13.9. The molecule has 0 saturated heterocycles. The van der Waals surface area contributed by atoms with E-state index in [1.54, 1.807) is 6.20 Å². The minimum Gasteiger partial charge on any atom is -0.354 e. The topological polar surface area (TPSA) is 59.6 Å². The molecule has 5 nitrogen and oxygen atoms in total. The lowest BCUT2D eigenvalue weighted by Crippen LogP contribution is -2.38. The van der Waals surface area contributed by atoms with E-state index >= 15 is 0 Å². The lowest BCUT2D eigenvalue weighted by Gasteiger charge is -2.13. The van der Waals surface area contributed by atoms with E-state index in [0.717, 1.165) is 0 Å². The Bertz CT molecular complexity index is 201. The summed E-state index contributed by atoms with van der Waals surface area (Å²) in [7, 11) is 3.04. The molecule has 0 aliphatic carbocycles. The van der Waals surface area contributed by atoms with Gasteiger partial charge in [-0.3, -0.25) is 0 Å². The van der Waals surface area contributed by atoms with Gasteiger partial charge in [-0.15, -0.1) is 0 Å². The average molecular weight is 216 g/mol. The summed E-state index contributed by atoms with van der Waals surface area (Å²) in [5.41, 5.74) is 0. The standard InChI is InChI=1S/C10H20N2O3/c1-8(2)5-6-11-10(13)12-7-9(14-3)15-4/h5-6,8-9H,7H2,1-4H3,(H2,11,12,13)/b6-5+. The molecule has 0 spiro atoms. The van der Waals surface area contributed by atoms with E-state index < -0.39 is 6.29 Å². The van der Waals surface area contributed by atoms with E-state index in [2.05, 4.69) is 10.6 Å². The third-order valence-corrected chi connectivity index (χ3v) is 1.65. The maximum atomic E-state index is 11.2. The van der Waals surface area contributed by atoms with Gasteiger partial charge in [-0.2, -0.15) is 0 Å². The van der Waals surface area contributed by atoms with Crippen LogP contribution in [0.3, 0.4) is 0 Å². The maximum absolute atomic E-state index is 11.2. The van der Waals surface area contributed by atoms with Gasteiger partial charge in [0.25, 0.3) is 0 Å². The molecule has 15 heavy (non-hydrogen) atoms. The fourth-order valence-corrected chi connectivity index (χ4v) is 0.806. The van der Waals surface area contributed by atoms with E-state index in [1.807, 2.05) is 19.9 Å². The molecule has 0 aliphatic heterocycles. The van der Waals surface area contributed by atoms with Crippen LogP contribution < -0.4 is 10.6 Å². The number of rotatable bonds is 6. The summed E-state index contributed by atoms with van der Waals surface area (Å²) in [6, 6.07) is -0.272. The van der Waals surface area contributed by atoms with Crippen LogP contribution in [0.5, 0.6) is 0 Å². The number of ether oxygens (including phenoxy) is 2. The first-order chi connectivity index (χ1) is 7.10. The zero-order chi connectivity index (χ0) is 11.7. The third-order valence-electron chi connectivity index (χ3n) is 1.65. The number of nitrogens with one attached hydrogen (secondary N) is 2. The van der Waals surface area contributed by atoms with Crippen molar-refractivity contribution in [1.29, 1.82) is 0 Å². The highest BCUT2D eigenvalue weighted by Crippen LogP contribution is 1.91. The number of amides is 2. The summed E-state index contributed by atoms with van der Waals surface area (Å²) in [6.07, 6.45) is 3.10. The van der Waals surface area contributed by atoms with E-state index in [1.165, 1.54) is 14.2 Å². The van der Waals surface area contributed by atoms with Crippen LogP contribution in [0, 0.1) is 5.92 Å². The van der Waals surface area contributed by atoms with Crippen LogP contribution in [0.25, 0.3) is 0 Å². The summed E-state index contributed by atoms with van der Waals surface area (Å²) in [6.45, 7) is 4.37. The van der Waals surface area contributed by atoms with Crippen LogP contribution in [0.4, 0.5) is 4.79 Å². The molecule has 88 valence electrons. The predicted octanol–water partition coefficient (Wildman–Crippen LogP) is 1.07. The molecular weight excluding hydrogens is 196 g/mol. The summed E-state index contributed by atoms with van der Waals surface area (Å²) in [4.78, 5) is 11.2. The fourth-order valence-electron chi connectivity index (χ4n) is 0.806. The molecule has 0 saturated carbocycles. The third kappa shape index (κ3) is 7.96. The van der Waals surface area contributed by atoms with E-state index in [-0.39, 0.29) is 6.03 Å². The first-order valence-electron chi connectivity index (χ1n) is 4.86. The Kier molecular flexibility index (Phi) is 7.67. The maximum Gasteiger partial charge on any atom is 0.318 e. The number of allylic oxidation sites excluding steroid dienone is 1. The highest BCUT2D eigenvalue weighted by molar-refractivity contribution is 5.74. The largest absolute Gasteiger partial charge is 0.354 e. The van der Waals surface area contributed by atoms with Crippen molar-refractivity contribution >= 4 is 6.03 Å². The molecule has 2 amide bonds. The Morgan fingerprint density at radius 1 is 1.33 bits per heavy atom. The molecule has 0 aromatic carbocycles. The second-order valence-electron chi connectivity index (χ2n) is 3.36. The summed E-state index contributed by atoms with van der Waals surface area (Å²) >= 11 is 0. The van der Waals surface area contributed by atoms with Gasteiger partial charge in [-0.1, -0.05) is 19.9 Å². The first-order valence-corrected chi connectivity index (χ1v) is 4.86. The second-order valence-corrected chi connectivity index (χ2v) is 3.36. The van der Waals surface area contributed by atoms with Gasteiger partial charge >= 0.3 is 6.03 Å². The van der Waals surface area contributed by atoms with E-state index in [4.69, 9.17) is 9.47 Å². The molecule has 0 aromatic heterocycles. The number of hydrogen-bond donors (Lipinski definition) is 2. The molecular formula is C10H20N2O3. The van der Waals surface area contributed by atoms with Gasteiger partial charge in [0.15, 0.2) is 6.29 Å². The smallest absolute Gasteiger partial charge is 0.318 e. The molecule has 5 heteroatoms. The van der Waals surface area contributed by atoms with Gasteiger partial charge in [0.1, 0.15) is 0 Å². The fraction of sp³-hybridized carbons (Fsp3) is 0.700. The summed E-state index contributed by atoms with van der Waals surface area (Å²) in [5, 5.41) is 5.18. The van der Waals surface area contributed by atoms with Crippen molar-refractivity contribution < 1.29 is 14.3 Å². The van der Waals surface area contributed by atoms with Crippen LogP contribution in [-0.2, 0) is 9.47 Å². The van der Waals surface area contributed by atoms with E-state index in [0.29, 0.717) is 12.5 Å². The van der Waals surface area contributed by atoms with Crippen molar-refractivity contribution in [2.24, 2.45) is 5.92 Å². The SMILES string of the molecule is COC(CNC(=O)N/C=C/C(C)C)OC. The number of carbonyl (C=O) groups excluding carboxylic acids is 1. The van der Waals surface area contributed by atoms with Crippen LogP contribution in [0.2, 0.25) is 0 Å². The van der Waals surface area contributed by atoms with Crippen molar-refractivity contribution in [2.75, 3.05) is 20.8 Å². The van der Waals surface area contributed by atoms with Gasteiger partial charge in [-0.25, -0.2) is 4.79 Å². The van der Waals surface area contributed by atoms with Crippen LogP contribution in [0.15, 0.2) is 12.3 Å². The number of carbonyl (C=O) groups is 1. The van der Waals surface area contributed by atoms with Crippen LogP contribution in [0.1, 0.15) is 13.8 Å². The average Bonchev–Trinajstić information content (AvgIpc) is 2.18. The summed E-state index contributed by atoms with van der Waals surface area (Å²) in [5.74, 6) is 0.413. The molecule has 0 rings (SSSR count). The second kappa shape index (κ2) is 8.26. The summed E-state index contributed by atoms with van der Waals surface area (Å²) < 4.78 is 9.82. The monoisotopic (exact) mass is 216 g/mol. The van der Waals surface area contributed by atoms with Gasteiger partial charge in [0, 0.05) is 20.4 Å². The molecule has 0 unspecified atom stereocenters. The Hall–Kier alpha value is -1.07. The van der Waals surface area contributed by atoms with Crippen molar-refractivity contribution in [1.82, 2.24) is 10.6 Å². The van der Waals surface area contributed by atoms with Crippen molar-refractivity contribution in [3.8, 4) is 0 Å². The normalized spacial score (nSPS) is 11.3. The number of hydrogen-bond acceptors (Lipinski definition) is 3. The molecule has 0 heterocycles. The minimum atomic E-state index is -0.412. The van der Waals surface area contributed by atoms with Crippen molar-refractivity contribution in [3.63, 3.8) is 0 Å². The van der Waals surface area contributed by atoms with Gasteiger partial charge in [-0.05, 0) is 5.92 Å². The van der Waals surface area contributed by atoms with Gasteiger partial charge in [0.2, 0.25) is 0 Å². The Labute approximate surface area is 90.8 Å². The lowest BCUT2D eigenvalue weighted by atomic mass is 10.2. The molecule has 0 aliphatic rings. The highest BCUT2D eigenvalue weighted by atomic mass is 16.7. The van der Waals surface area contributed by atoms with E-state index in [9.17, 15) is 4.79 Å². The minimum absolute atomic E-state index is 0.272. The van der Waals surface area contributed by atoms with Gasteiger partial charge < -0.3 is 20.1 Å². The molecule has 0 fully saturated rings. The Morgan fingerprint density at radius 3 is 2.40 bits per heavy atom. The van der Waals surface area contributed by atoms with Crippen LogP contribution in [-0.4, -0.2) is 33.1 Å². The zero-order valence-electron chi connectivity index (χ0n) is 9.74. The molecule has 0 bridgehead atoms. The number of urea groups is 1. The molecule has 0 aromatic rings. The van der Waals surface area contributed by atoms with Crippen molar-refractivity contribution in [2.45, 2.75) is 20.1 Å². The Morgan fingerprint density at radius 2 is 1.93 bits per heavy atom. The molecule has 0 radical (unpaired) electrons. The highest BCUT2D eigenvalue weighted by Gasteiger charge is 2.05. The Balaban J connectivity index is 3.65. The van der Waals surface area contributed by atoms with Gasteiger partial charge in [0.05, 0.1) is 6.54 Å². The van der Waals surface area contributed by atoms with Crippen molar-refractivity contribution in [3.05, 3.63) is 12.3 Å². The zero-order valence-corrected chi connectivity index (χ0v) is 9.74. The number of methoxy groups -OCH3 is 2. The lowest BCUT2D eigenvalue weighted by molar-refractivity contribution is -0.0971. The quantitative estimate of drug-likeness (QED) is 0.653. The predicted molar refractivity (Wildman–Crippen MR) is 58.3 cm³/mol. The molecule has 0 atom stereocenters. The van der Waals surface area contributed by atoms with Crippen LogP contribution >= 0.6 is 0 Å². The molecule has 2 N–H and O–H groups in total.